The van der Waals surface area contributed by atoms with Crippen molar-refractivity contribution >= 4 is 17.9 Å². The quantitative estimate of drug-likeness (QED) is 0.576. The fraction of sp³-hybridized carbons (Fsp3) is 0.273. The van der Waals surface area contributed by atoms with Crippen molar-refractivity contribution in [3.8, 4) is 11.5 Å². The zero-order valence-electron chi connectivity index (χ0n) is 16.0. The van der Waals surface area contributed by atoms with Crippen LogP contribution in [-0.2, 0) is 11.3 Å². The average Bonchev–Trinajstić information content (AvgIpc) is 2.73. The third-order valence-electron chi connectivity index (χ3n) is 5.30. The Morgan fingerprint density at radius 3 is 2.52 bits per heavy atom. The summed E-state index contributed by atoms with van der Waals surface area (Å²) in [5.74, 6) is -1.57. The predicted molar refractivity (Wildman–Crippen MR) is 110 cm³/mol. The standard InChI is InChI=1S/C22H25N3O4/c23-13-14-2-1-3-17(12-14)15-8-10-25(11-9-15)19(27)7-5-16-4-6-18(26)20(21(16)28)22(24)29/h1-7,12,15,26,28H,8-11,13,23H2,(H2,24,29)/b7-5+. The van der Waals surface area contributed by atoms with Gasteiger partial charge in [-0.3, -0.25) is 9.59 Å². The maximum Gasteiger partial charge on any atom is 0.256 e. The summed E-state index contributed by atoms with van der Waals surface area (Å²) in [6.07, 6.45) is 4.50. The van der Waals surface area contributed by atoms with Crippen LogP contribution in [0.4, 0.5) is 0 Å². The van der Waals surface area contributed by atoms with Crippen LogP contribution in [0.3, 0.4) is 0 Å². The van der Waals surface area contributed by atoms with Crippen LogP contribution in [0.5, 0.6) is 11.5 Å². The minimum Gasteiger partial charge on any atom is -0.507 e. The molecule has 1 aliphatic heterocycles. The first-order chi connectivity index (χ1) is 13.9. The van der Waals surface area contributed by atoms with Gasteiger partial charge in [0.25, 0.3) is 5.91 Å². The average molecular weight is 395 g/mol. The second kappa shape index (κ2) is 8.79. The Labute approximate surface area is 169 Å². The Kier molecular flexibility index (Phi) is 6.19. The molecule has 0 radical (unpaired) electrons. The number of hydrogen-bond donors (Lipinski definition) is 4. The maximum absolute atomic E-state index is 12.5. The van der Waals surface area contributed by atoms with E-state index in [1.165, 1.54) is 29.8 Å². The molecule has 1 saturated heterocycles. The van der Waals surface area contributed by atoms with Crippen molar-refractivity contribution in [2.24, 2.45) is 11.5 Å². The van der Waals surface area contributed by atoms with Crippen LogP contribution in [0.1, 0.15) is 45.8 Å². The lowest BCUT2D eigenvalue weighted by molar-refractivity contribution is -0.126. The molecule has 0 spiro atoms. The van der Waals surface area contributed by atoms with E-state index in [0.29, 0.717) is 25.6 Å². The van der Waals surface area contributed by atoms with Crippen molar-refractivity contribution in [1.82, 2.24) is 4.90 Å². The van der Waals surface area contributed by atoms with Gasteiger partial charge in [0.05, 0.1) is 0 Å². The lowest BCUT2D eigenvalue weighted by atomic mass is 9.88. The maximum atomic E-state index is 12.5. The first-order valence-corrected chi connectivity index (χ1v) is 9.51. The fourth-order valence-electron chi connectivity index (χ4n) is 3.65. The van der Waals surface area contributed by atoms with Gasteiger partial charge >= 0.3 is 0 Å². The monoisotopic (exact) mass is 395 g/mol. The SMILES string of the molecule is NCc1cccc(C2CCN(C(=O)/C=C/c3ccc(O)c(C(N)=O)c3O)CC2)c1. The molecule has 2 amide bonds. The highest BCUT2D eigenvalue weighted by atomic mass is 16.3. The third kappa shape index (κ3) is 4.57. The first kappa shape index (κ1) is 20.4. The van der Waals surface area contributed by atoms with E-state index in [1.807, 2.05) is 12.1 Å². The molecule has 6 N–H and O–H groups in total. The van der Waals surface area contributed by atoms with Gasteiger partial charge in [0.15, 0.2) is 0 Å². The van der Waals surface area contributed by atoms with Crippen LogP contribution in [0.2, 0.25) is 0 Å². The van der Waals surface area contributed by atoms with Gasteiger partial charge in [-0.2, -0.15) is 0 Å². The summed E-state index contributed by atoms with van der Waals surface area (Å²) < 4.78 is 0. The smallest absolute Gasteiger partial charge is 0.256 e. The number of benzene rings is 2. The number of rotatable bonds is 5. The van der Waals surface area contributed by atoms with Gasteiger partial charge in [-0.05, 0) is 48.1 Å². The number of carbonyl (C=O) groups is 2. The van der Waals surface area contributed by atoms with E-state index in [4.69, 9.17) is 11.5 Å². The van der Waals surface area contributed by atoms with Crippen LogP contribution >= 0.6 is 0 Å². The molecule has 0 bridgehead atoms. The van der Waals surface area contributed by atoms with E-state index in [9.17, 15) is 19.8 Å². The summed E-state index contributed by atoms with van der Waals surface area (Å²) in [4.78, 5) is 25.6. The molecule has 7 nitrogen and oxygen atoms in total. The van der Waals surface area contributed by atoms with Crippen LogP contribution in [0, 0.1) is 0 Å². The molecule has 2 aromatic rings. The zero-order valence-corrected chi connectivity index (χ0v) is 16.0. The lowest BCUT2D eigenvalue weighted by Crippen LogP contribution is -2.36. The number of aromatic hydroxyl groups is 2. The normalized spacial score (nSPS) is 15.0. The molecule has 0 saturated carbocycles. The number of nitrogens with two attached hydrogens (primary N) is 2. The van der Waals surface area contributed by atoms with Crippen molar-refractivity contribution in [2.45, 2.75) is 25.3 Å². The number of phenols is 2. The van der Waals surface area contributed by atoms with Crippen molar-refractivity contribution in [2.75, 3.05) is 13.1 Å². The Morgan fingerprint density at radius 2 is 1.86 bits per heavy atom. The van der Waals surface area contributed by atoms with Crippen LogP contribution < -0.4 is 11.5 Å². The number of primary amides is 1. The number of hydrogen-bond acceptors (Lipinski definition) is 5. The van der Waals surface area contributed by atoms with Gasteiger partial charge in [-0.25, -0.2) is 0 Å². The van der Waals surface area contributed by atoms with Crippen molar-refractivity contribution in [3.05, 3.63) is 64.7 Å². The van der Waals surface area contributed by atoms with Crippen molar-refractivity contribution in [3.63, 3.8) is 0 Å². The molecular formula is C22H25N3O4. The highest BCUT2D eigenvalue weighted by Gasteiger charge is 2.23. The summed E-state index contributed by atoms with van der Waals surface area (Å²) in [5.41, 5.74) is 13.1. The Bertz CT molecular complexity index is 947. The third-order valence-corrected chi connectivity index (χ3v) is 5.30. The highest BCUT2D eigenvalue weighted by Crippen LogP contribution is 2.31. The van der Waals surface area contributed by atoms with E-state index in [2.05, 4.69) is 12.1 Å². The molecule has 3 rings (SSSR count). The molecule has 1 heterocycles. The molecule has 29 heavy (non-hydrogen) atoms. The molecule has 1 fully saturated rings. The second-order valence-electron chi connectivity index (χ2n) is 7.14. The van der Waals surface area contributed by atoms with Crippen molar-refractivity contribution < 1.29 is 19.8 Å². The van der Waals surface area contributed by atoms with Gasteiger partial charge in [-0.1, -0.05) is 24.3 Å². The Hall–Kier alpha value is -3.32. The lowest BCUT2D eigenvalue weighted by Gasteiger charge is -2.31. The molecule has 152 valence electrons. The van der Waals surface area contributed by atoms with Gasteiger partial charge in [0, 0.05) is 31.3 Å². The number of piperidine rings is 1. The predicted octanol–water partition coefficient (Wildman–Crippen LogP) is 2.07. The van der Waals surface area contributed by atoms with E-state index >= 15 is 0 Å². The molecule has 0 unspecified atom stereocenters. The largest absolute Gasteiger partial charge is 0.507 e. The Balaban J connectivity index is 1.64. The van der Waals surface area contributed by atoms with Gasteiger partial charge < -0.3 is 26.6 Å². The van der Waals surface area contributed by atoms with E-state index in [0.717, 1.165) is 18.4 Å². The number of likely N-dealkylation sites (tertiary alicyclic amines) is 1. The molecular weight excluding hydrogens is 370 g/mol. The van der Waals surface area contributed by atoms with Gasteiger partial charge in [0.1, 0.15) is 17.1 Å². The second-order valence-corrected chi connectivity index (χ2v) is 7.14. The van der Waals surface area contributed by atoms with Gasteiger partial charge in [-0.15, -0.1) is 0 Å². The molecule has 1 aliphatic rings. The summed E-state index contributed by atoms with van der Waals surface area (Å²) in [5, 5.41) is 19.8. The minimum absolute atomic E-state index is 0.174. The van der Waals surface area contributed by atoms with Crippen LogP contribution in [0.25, 0.3) is 6.08 Å². The topological polar surface area (TPSA) is 130 Å². The summed E-state index contributed by atoms with van der Waals surface area (Å²) in [6.45, 7) is 1.78. The number of amides is 2. The number of carbonyl (C=O) groups excluding carboxylic acids is 2. The van der Waals surface area contributed by atoms with Crippen molar-refractivity contribution in [1.29, 1.82) is 0 Å². The summed E-state index contributed by atoms with van der Waals surface area (Å²) in [6, 6.07) is 10.9. The van der Waals surface area contributed by atoms with E-state index in [-0.39, 0.29) is 17.0 Å². The molecule has 7 heteroatoms. The molecule has 0 aliphatic carbocycles. The summed E-state index contributed by atoms with van der Waals surface area (Å²) in [7, 11) is 0. The highest BCUT2D eigenvalue weighted by molar-refractivity contribution is 6.00. The minimum atomic E-state index is -0.942. The van der Waals surface area contributed by atoms with Gasteiger partial charge in [0.2, 0.25) is 5.91 Å². The first-order valence-electron chi connectivity index (χ1n) is 9.51. The molecule has 0 atom stereocenters. The van der Waals surface area contributed by atoms with Crippen LogP contribution in [0.15, 0.2) is 42.5 Å². The van der Waals surface area contributed by atoms with Crippen LogP contribution in [-0.4, -0.2) is 40.0 Å². The zero-order chi connectivity index (χ0) is 21.0. The fourth-order valence-corrected chi connectivity index (χ4v) is 3.65. The van der Waals surface area contributed by atoms with E-state index in [1.54, 1.807) is 4.90 Å². The number of nitrogens with zero attached hydrogens (tertiary/aromatic N) is 1. The molecule has 0 aromatic heterocycles. The molecule has 2 aromatic carbocycles. The summed E-state index contributed by atoms with van der Waals surface area (Å²) >= 11 is 0. The Morgan fingerprint density at radius 1 is 1.14 bits per heavy atom. The van der Waals surface area contributed by atoms with E-state index < -0.39 is 17.4 Å².